The van der Waals surface area contributed by atoms with E-state index in [9.17, 15) is 13.2 Å². The first kappa shape index (κ1) is 31.9. The molecule has 1 amide bonds. The molecular formula is C30H39ClN8O4S. The molecule has 14 heteroatoms. The lowest BCUT2D eigenvalue weighted by Crippen LogP contribution is -2.47. The molecule has 3 aromatic rings. The summed E-state index contributed by atoms with van der Waals surface area (Å²) in [5.41, 5.74) is 3.39. The number of aromatic nitrogens is 2. The number of rotatable bonds is 9. The van der Waals surface area contributed by atoms with Crippen molar-refractivity contribution < 1.29 is 17.9 Å². The highest BCUT2D eigenvalue weighted by Crippen LogP contribution is 2.34. The van der Waals surface area contributed by atoms with Gasteiger partial charge in [-0.2, -0.15) is 9.29 Å². The SMILES string of the molecule is COc1cc2c(cc1Nc1ncc(Cl)c(Nc3ccccc3S(=O)(=O)N3CCN(C)CC3)n1)CCN(CC(=O)N(C)C)CC2. The quantitative estimate of drug-likeness (QED) is 0.360. The topological polar surface area (TPSA) is 123 Å². The fourth-order valence-corrected chi connectivity index (χ4v) is 6.99. The van der Waals surface area contributed by atoms with Crippen LogP contribution in [0.2, 0.25) is 5.02 Å². The number of likely N-dealkylation sites (N-methyl/N-ethyl adjacent to an activating group) is 2. The number of piperazine rings is 1. The van der Waals surface area contributed by atoms with Gasteiger partial charge in [0.25, 0.3) is 0 Å². The Morgan fingerprint density at radius 3 is 2.36 bits per heavy atom. The number of nitrogens with zero attached hydrogens (tertiary/aromatic N) is 6. The van der Waals surface area contributed by atoms with Crippen molar-refractivity contribution in [2.24, 2.45) is 0 Å². The van der Waals surface area contributed by atoms with E-state index in [4.69, 9.17) is 16.3 Å². The van der Waals surface area contributed by atoms with Crippen LogP contribution >= 0.6 is 11.6 Å². The van der Waals surface area contributed by atoms with Gasteiger partial charge in [-0.05, 0) is 55.3 Å². The molecule has 0 spiro atoms. The lowest BCUT2D eigenvalue weighted by atomic mass is 10.0. The first-order valence-electron chi connectivity index (χ1n) is 14.5. The van der Waals surface area contributed by atoms with Crippen LogP contribution < -0.4 is 15.4 Å². The van der Waals surface area contributed by atoms with Gasteiger partial charge in [0.05, 0.1) is 31.2 Å². The third-order valence-corrected chi connectivity index (χ3v) is 10.2. The molecule has 5 rings (SSSR count). The molecule has 1 fully saturated rings. The molecule has 3 heterocycles. The number of sulfonamides is 1. The Bertz CT molecular complexity index is 1610. The highest BCUT2D eigenvalue weighted by Gasteiger charge is 2.30. The maximum Gasteiger partial charge on any atom is 0.245 e. The number of halogens is 1. The fourth-order valence-electron chi connectivity index (χ4n) is 5.28. The predicted octanol–water partition coefficient (Wildman–Crippen LogP) is 3.05. The zero-order valence-electron chi connectivity index (χ0n) is 25.5. The zero-order chi connectivity index (χ0) is 31.4. The van der Waals surface area contributed by atoms with E-state index in [-0.39, 0.29) is 27.6 Å². The van der Waals surface area contributed by atoms with Crippen LogP contribution in [0.1, 0.15) is 11.1 Å². The number of carbonyl (C=O) groups is 1. The van der Waals surface area contributed by atoms with Gasteiger partial charge in [-0.15, -0.1) is 0 Å². The largest absolute Gasteiger partial charge is 0.495 e. The van der Waals surface area contributed by atoms with Gasteiger partial charge in [-0.3, -0.25) is 9.69 Å². The number of nitrogens with one attached hydrogen (secondary N) is 2. The van der Waals surface area contributed by atoms with Crippen molar-refractivity contribution in [2.45, 2.75) is 17.7 Å². The maximum absolute atomic E-state index is 13.6. The van der Waals surface area contributed by atoms with Gasteiger partial charge in [-0.1, -0.05) is 23.7 Å². The number of methoxy groups -OCH3 is 1. The number of anilines is 4. The second kappa shape index (κ2) is 13.7. The minimum absolute atomic E-state index is 0.0831. The minimum Gasteiger partial charge on any atom is -0.495 e. The molecule has 1 saturated heterocycles. The molecule has 0 bridgehead atoms. The van der Waals surface area contributed by atoms with E-state index in [2.05, 4.69) is 30.4 Å². The number of fused-ring (bicyclic) bond motifs is 1. The molecule has 0 radical (unpaired) electrons. The summed E-state index contributed by atoms with van der Waals surface area (Å²) in [5.74, 6) is 1.25. The van der Waals surface area contributed by atoms with Crippen molar-refractivity contribution >= 4 is 50.7 Å². The molecule has 236 valence electrons. The highest BCUT2D eigenvalue weighted by atomic mass is 35.5. The zero-order valence-corrected chi connectivity index (χ0v) is 27.1. The molecule has 2 aliphatic rings. The maximum atomic E-state index is 13.6. The third kappa shape index (κ3) is 7.24. The van der Waals surface area contributed by atoms with E-state index < -0.39 is 10.0 Å². The van der Waals surface area contributed by atoms with E-state index in [0.29, 0.717) is 49.8 Å². The summed E-state index contributed by atoms with van der Waals surface area (Å²) in [4.78, 5) is 27.3. The van der Waals surface area contributed by atoms with E-state index in [1.807, 2.05) is 19.2 Å². The molecule has 0 aliphatic carbocycles. The number of benzene rings is 2. The van der Waals surface area contributed by atoms with Crippen LogP contribution in [-0.2, 0) is 27.7 Å². The molecule has 2 N–H and O–H groups in total. The van der Waals surface area contributed by atoms with Crippen molar-refractivity contribution in [2.75, 3.05) is 84.7 Å². The van der Waals surface area contributed by atoms with Gasteiger partial charge in [0.15, 0.2) is 5.82 Å². The summed E-state index contributed by atoms with van der Waals surface area (Å²) in [6.45, 7) is 4.11. The number of carbonyl (C=O) groups excluding carboxylic acids is 1. The molecule has 0 atom stereocenters. The van der Waals surface area contributed by atoms with Crippen molar-refractivity contribution in [3.63, 3.8) is 0 Å². The van der Waals surface area contributed by atoms with Gasteiger partial charge in [0, 0.05) is 53.4 Å². The third-order valence-electron chi connectivity index (χ3n) is 7.98. The number of amides is 1. The Morgan fingerprint density at radius 2 is 1.68 bits per heavy atom. The molecule has 0 unspecified atom stereocenters. The number of para-hydroxylation sites is 1. The molecular weight excluding hydrogens is 604 g/mol. The van der Waals surface area contributed by atoms with Crippen molar-refractivity contribution in [1.82, 2.24) is 29.0 Å². The Kier molecular flexibility index (Phi) is 9.90. The molecule has 44 heavy (non-hydrogen) atoms. The smallest absolute Gasteiger partial charge is 0.245 e. The molecule has 12 nitrogen and oxygen atoms in total. The second-order valence-corrected chi connectivity index (χ2v) is 13.5. The first-order valence-corrected chi connectivity index (χ1v) is 16.3. The van der Waals surface area contributed by atoms with Crippen LogP contribution in [0.25, 0.3) is 0 Å². The number of hydrogen-bond acceptors (Lipinski definition) is 10. The van der Waals surface area contributed by atoms with E-state index >= 15 is 0 Å². The summed E-state index contributed by atoms with van der Waals surface area (Å²) in [6.07, 6.45) is 3.04. The summed E-state index contributed by atoms with van der Waals surface area (Å²) in [5, 5.41) is 6.62. The molecule has 2 aromatic carbocycles. The lowest BCUT2D eigenvalue weighted by Gasteiger charge is -2.32. The molecule has 0 saturated carbocycles. The van der Waals surface area contributed by atoms with Crippen LogP contribution in [0.3, 0.4) is 0 Å². The van der Waals surface area contributed by atoms with Gasteiger partial charge in [-0.25, -0.2) is 13.4 Å². The van der Waals surface area contributed by atoms with Crippen molar-refractivity contribution in [3.05, 3.63) is 58.7 Å². The van der Waals surface area contributed by atoms with Crippen LogP contribution in [0.5, 0.6) is 5.75 Å². The Balaban J connectivity index is 1.36. The van der Waals surface area contributed by atoms with Crippen molar-refractivity contribution in [1.29, 1.82) is 0 Å². The second-order valence-electron chi connectivity index (χ2n) is 11.2. The standard InChI is InChI=1S/C30H39ClN8O4S/c1-36(2)28(40)20-38-11-9-21-17-25(26(43-4)18-22(21)10-12-38)34-30-32-19-23(31)29(35-30)33-24-7-5-6-8-27(24)44(41,42)39-15-13-37(3)14-16-39/h5-8,17-19H,9-16,20H2,1-4H3,(H2,32,33,34,35). The average Bonchev–Trinajstić information content (AvgIpc) is 3.20. The summed E-state index contributed by atoms with van der Waals surface area (Å²) in [6, 6.07) is 10.8. The minimum atomic E-state index is -3.74. The molecule has 1 aromatic heterocycles. The lowest BCUT2D eigenvalue weighted by molar-refractivity contribution is -0.129. The van der Waals surface area contributed by atoms with E-state index in [0.717, 1.165) is 31.5 Å². The average molecular weight is 643 g/mol. The fraction of sp³-hybridized carbons (Fsp3) is 0.433. The molecule has 2 aliphatic heterocycles. The van der Waals surface area contributed by atoms with E-state index in [1.54, 1.807) is 50.4 Å². The highest BCUT2D eigenvalue weighted by molar-refractivity contribution is 7.89. The van der Waals surface area contributed by atoms with Crippen molar-refractivity contribution in [3.8, 4) is 5.75 Å². The van der Waals surface area contributed by atoms with Crippen LogP contribution in [0.4, 0.5) is 23.1 Å². The number of hydrogen-bond donors (Lipinski definition) is 2. The van der Waals surface area contributed by atoms with Crippen LogP contribution in [0, 0.1) is 0 Å². The van der Waals surface area contributed by atoms with Gasteiger partial charge < -0.3 is 25.2 Å². The summed E-state index contributed by atoms with van der Waals surface area (Å²) < 4.78 is 34.3. The Hall–Kier alpha value is -3.49. The van der Waals surface area contributed by atoms with E-state index in [1.165, 1.54) is 16.1 Å². The Morgan fingerprint density at radius 1 is 1.00 bits per heavy atom. The summed E-state index contributed by atoms with van der Waals surface area (Å²) in [7, 11) is 3.39. The monoisotopic (exact) mass is 642 g/mol. The van der Waals surface area contributed by atoms with Crippen LogP contribution in [0.15, 0.2) is 47.5 Å². The predicted molar refractivity (Wildman–Crippen MR) is 172 cm³/mol. The summed E-state index contributed by atoms with van der Waals surface area (Å²) >= 11 is 6.48. The Labute approximate surface area is 264 Å². The van der Waals surface area contributed by atoms with Gasteiger partial charge in [0.2, 0.25) is 21.9 Å². The van der Waals surface area contributed by atoms with Gasteiger partial charge in [0.1, 0.15) is 15.7 Å². The van der Waals surface area contributed by atoms with Crippen LogP contribution in [-0.4, -0.2) is 117 Å². The first-order chi connectivity index (χ1) is 21.0. The van der Waals surface area contributed by atoms with Gasteiger partial charge >= 0.3 is 0 Å². The normalized spacial score (nSPS) is 16.6. The number of ether oxygens (including phenoxy) is 1.